The summed E-state index contributed by atoms with van der Waals surface area (Å²) in [5.41, 5.74) is 4.20. The number of hydrogen-bond donors (Lipinski definition) is 1. The Hall–Kier alpha value is -4.52. The molecule has 0 atom stereocenters. The monoisotopic (exact) mass is 484 g/mol. The lowest BCUT2D eigenvalue weighted by Crippen LogP contribution is -2.54. The molecule has 1 fully saturated rings. The maximum Gasteiger partial charge on any atom is 0.335 e. The highest BCUT2D eigenvalue weighted by atomic mass is 19.1. The van der Waals surface area contributed by atoms with Crippen LogP contribution in [0.5, 0.6) is 5.75 Å². The van der Waals surface area contributed by atoms with Gasteiger partial charge in [0.25, 0.3) is 11.8 Å². The number of ether oxygens (including phenoxy) is 1. The van der Waals surface area contributed by atoms with Gasteiger partial charge in [0, 0.05) is 0 Å². The largest absolute Gasteiger partial charge is 0.489 e. The van der Waals surface area contributed by atoms with Gasteiger partial charge >= 0.3 is 6.03 Å². The van der Waals surface area contributed by atoms with E-state index in [4.69, 9.17) is 4.74 Å². The Bertz CT molecular complexity index is 1410. The molecule has 182 valence electrons. The van der Waals surface area contributed by atoms with Crippen molar-refractivity contribution in [3.05, 3.63) is 113 Å². The van der Waals surface area contributed by atoms with Gasteiger partial charge in [-0.1, -0.05) is 30.3 Å². The summed E-state index contributed by atoms with van der Waals surface area (Å²) in [5.74, 6) is -1.23. The molecule has 6 nitrogen and oxygen atoms in total. The highest BCUT2D eigenvalue weighted by molar-refractivity contribution is 6.39. The zero-order chi connectivity index (χ0) is 25.8. The molecule has 0 aromatic heterocycles. The van der Waals surface area contributed by atoms with Crippen LogP contribution in [0.15, 0.2) is 78.9 Å². The van der Waals surface area contributed by atoms with Gasteiger partial charge < -0.3 is 4.74 Å². The van der Waals surface area contributed by atoms with E-state index in [0.717, 1.165) is 21.6 Å². The van der Waals surface area contributed by atoms with Gasteiger partial charge in [0.15, 0.2) is 0 Å². The fourth-order valence-corrected chi connectivity index (χ4v) is 3.86. The number of carbonyl (C=O) groups excluding carboxylic acids is 3. The summed E-state index contributed by atoms with van der Waals surface area (Å²) in [5, 5.41) is 2.24. The molecular formula is C29H25FN2O4. The summed E-state index contributed by atoms with van der Waals surface area (Å²) < 4.78 is 19.4. The third kappa shape index (κ3) is 5.25. The smallest absolute Gasteiger partial charge is 0.335 e. The zero-order valence-electron chi connectivity index (χ0n) is 20.0. The van der Waals surface area contributed by atoms with E-state index < -0.39 is 17.8 Å². The Morgan fingerprint density at radius 3 is 2.53 bits per heavy atom. The molecule has 7 heteroatoms. The number of urea groups is 1. The van der Waals surface area contributed by atoms with Crippen molar-refractivity contribution in [2.75, 3.05) is 4.90 Å². The molecule has 1 heterocycles. The summed E-state index contributed by atoms with van der Waals surface area (Å²) in [7, 11) is 0. The molecule has 0 radical (unpaired) electrons. The van der Waals surface area contributed by atoms with E-state index in [0.29, 0.717) is 29.0 Å². The van der Waals surface area contributed by atoms with Gasteiger partial charge in [-0.2, -0.15) is 0 Å². The first-order valence-corrected chi connectivity index (χ1v) is 11.4. The van der Waals surface area contributed by atoms with Crippen molar-refractivity contribution >= 4 is 29.6 Å². The number of barbiturate groups is 1. The van der Waals surface area contributed by atoms with Gasteiger partial charge in [-0.25, -0.2) is 14.1 Å². The minimum Gasteiger partial charge on any atom is -0.489 e. The average molecular weight is 485 g/mol. The number of carbonyl (C=O) groups is 3. The maximum absolute atomic E-state index is 13.5. The maximum atomic E-state index is 13.5. The number of rotatable bonds is 7. The summed E-state index contributed by atoms with van der Waals surface area (Å²) in [6.45, 7) is 7.77. The van der Waals surface area contributed by atoms with Gasteiger partial charge in [0.2, 0.25) is 0 Å². The number of imide groups is 2. The van der Waals surface area contributed by atoms with Gasteiger partial charge in [-0.15, -0.1) is 6.58 Å². The second kappa shape index (κ2) is 10.4. The Kier molecular flexibility index (Phi) is 7.10. The van der Waals surface area contributed by atoms with Crippen molar-refractivity contribution in [1.29, 1.82) is 0 Å². The van der Waals surface area contributed by atoms with Crippen LogP contribution >= 0.6 is 0 Å². The summed E-state index contributed by atoms with van der Waals surface area (Å²) in [4.78, 5) is 39.2. The molecular weight excluding hydrogens is 459 g/mol. The van der Waals surface area contributed by atoms with Crippen molar-refractivity contribution in [2.24, 2.45) is 0 Å². The predicted octanol–water partition coefficient (Wildman–Crippen LogP) is 5.42. The number of benzene rings is 3. The van der Waals surface area contributed by atoms with Crippen molar-refractivity contribution in [3.8, 4) is 5.75 Å². The van der Waals surface area contributed by atoms with E-state index in [1.807, 2.05) is 19.9 Å². The second-order valence-corrected chi connectivity index (χ2v) is 8.50. The Morgan fingerprint density at radius 1 is 1.00 bits per heavy atom. The predicted molar refractivity (Wildman–Crippen MR) is 136 cm³/mol. The topological polar surface area (TPSA) is 75.7 Å². The molecule has 36 heavy (non-hydrogen) atoms. The van der Waals surface area contributed by atoms with Crippen LogP contribution in [0.25, 0.3) is 6.08 Å². The molecule has 0 saturated carbocycles. The molecule has 1 aliphatic rings. The molecule has 1 N–H and O–H groups in total. The molecule has 1 saturated heterocycles. The van der Waals surface area contributed by atoms with Crippen LogP contribution in [0.1, 0.15) is 27.8 Å². The van der Waals surface area contributed by atoms with Gasteiger partial charge in [-0.3, -0.25) is 14.9 Å². The van der Waals surface area contributed by atoms with Crippen LogP contribution in [0.4, 0.5) is 14.9 Å². The first-order chi connectivity index (χ1) is 17.3. The molecule has 4 amide bonds. The fraction of sp³-hybridized carbons (Fsp3) is 0.138. The lowest BCUT2D eigenvalue weighted by molar-refractivity contribution is -0.122. The summed E-state index contributed by atoms with van der Waals surface area (Å²) >= 11 is 0. The summed E-state index contributed by atoms with van der Waals surface area (Å²) in [6.07, 6.45) is 3.63. The third-order valence-corrected chi connectivity index (χ3v) is 5.89. The number of halogens is 1. The number of nitrogens with one attached hydrogen (secondary N) is 1. The third-order valence-electron chi connectivity index (χ3n) is 5.89. The lowest BCUT2D eigenvalue weighted by atomic mass is 10.0. The average Bonchev–Trinajstić information content (AvgIpc) is 2.83. The minimum absolute atomic E-state index is 0.161. The first-order valence-electron chi connectivity index (χ1n) is 11.4. The van der Waals surface area contributed by atoms with Crippen LogP contribution in [-0.4, -0.2) is 17.8 Å². The number of amides is 4. The zero-order valence-corrected chi connectivity index (χ0v) is 20.0. The van der Waals surface area contributed by atoms with E-state index in [2.05, 4.69) is 11.9 Å². The number of aryl methyl sites for hydroxylation is 2. The van der Waals surface area contributed by atoms with E-state index in [9.17, 15) is 18.8 Å². The van der Waals surface area contributed by atoms with Crippen molar-refractivity contribution in [2.45, 2.75) is 26.9 Å². The highest BCUT2D eigenvalue weighted by Gasteiger charge is 2.36. The Morgan fingerprint density at radius 2 is 1.81 bits per heavy atom. The van der Waals surface area contributed by atoms with Crippen molar-refractivity contribution in [3.63, 3.8) is 0 Å². The highest BCUT2D eigenvalue weighted by Crippen LogP contribution is 2.27. The SMILES string of the molecule is C=CCc1cc(/C=C2\C(=O)NC(=O)N(c3ccc(C)c(C)c3)C2=O)ccc1OCc1cccc(F)c1. The van der Waals surface area contributed by atoms with E-state index in [1.165, 1.54) is 18.2 Å². The minimum atomic E-state index is -0.793. The number of anilines is 1. The molecule has 3 aromatic rings. The molecule has 0 unspecified atom stereocenters. The standard InChI is InChI=1S/C29H25FN2O4/c1-4-6-22-14-20(10-12-26(22)36-17-21-7-5-8-23(30)15-21)16-25-27(33)31-29(35)32(28(25)34)24-11-9-18(2)19(3)13-24/h4-5,7-16H,1,6,17H2,2-3H3,(H,31,33,35)/b25-16+. The van der Waals surface area contributed by atoms with Crippen molar-refractivity contribution in [1.82, 2.24) is 5.32 Å². The summed E-state index contributed by atoms with van der Waals surface area (Å²) in [6, 6.07) is 15.8. The lowest BCUT2D eigenvalue weighted by Gasteiger charge is -2.27. The van der Waals surface area contributed by atoms with Gasteiger partial charge in [0.05, 0.1) is 5.69 Å². The molecule has 0 spiro atoms. The van der Waals surface area contributed by atoms with Crippen molar-refractivity contribution < 1.29 is 23.5 Å². The van der Waals surface area contributed by atoms with Crippen LogP contribution in [0, 0.1) is 19.7 Å². The van der Waals surface area contributed by atoms with E-state index >= 15 is 0 Å². The van der Waals surface area contributed by atoms with E-state index in [1.54, 1.807) is 48.5 Å². The van der Waals surface area contributed by atoms with Gasteiger partial charge in [-0.05, 0) is 90.6 Å². The molecule has 0 aliphatic carbocycles. The van der Waals surface area contributed by atoms with Crippen LogP contribution < -0.4 is 15.0 Å². The normalized spacial score (nSPS) is 14.7. The van der Waals surface area contributed by atoms with E-state index in [-0.39, 0.29) is 18.0 Å². The van der Waals surface area contributed by atoms with Crippen LogP contribution in [-0.2, 0) is 22.6 Å². The second-order valence-electron chi connectivity index (χ2n) is 8.50. The Labute approximate surface area is 208 Å². The van der Waals surface area contributed by atoms with Gasteiger partial charge in [0.1, 0.15) is 23.7 Å². The molecule has 0 bridgehead atoms. The number of nitrogens with zero attached hydrogens (tertiary/aromatic N) is 1. The quantitative estimate of drug-likeness (QED) is 0.276. The van der Waals surface area contributed by atoms with Crippen LogP contribution in [0.3, 0.4) is 0 Å². The number of allylic oxidation sites excluding steroid dienone is 1. The molecule has 4 rings (SSSR count). The number of hydrogen-bond acceptors (Lipinski definition) is 4. The fourth-order valence-electron chi connectivity index (χ4n) is 3.86. The first kappa shape index (κ1) is 24.6. The van der Waals surface area contributed by atoms with Crippen LogP contribution in [0.2, 0.25) is 0 Å². The Balaban J connectivity index is 1.62. The molecule has 1 aliphatic heterocycles. The molecule has 3 aromatic carbocycles.